The van der Waals surface area contributed by atoms with Crippen LogP contribution in [0.3, 0.4) is 0 Å². The number of nitrogens with one attached hydrogen (secondary N) is 4. The Bertz CT molecular complexity index is 1610. The van der Waals surface area contributed by atoms with Gasteiger partial charge in [0.15, 0.2) is 0 Å². The molecule has 40 heavy (non-hydrogen) atoms. The topological polar surface area (TPSA) is 137 Å². The number of nitrogen functional groups attached to an aromatic ring is 1. The van der Waals surface area contributed by atoms with E-state index in [2.05, 4.69) is 15.4 Å². The van der Waals surface area contributed by atoms with Crippen molar-refractivity contribution in [3.63, 3.8) is 0 Å². The fraction of sp³-hybridized carbons (Fsp3) is 0.161. The Morgan fingerprint density at radius 2 is 1.48 bits per heavy atom. The van der Waals surface area contributed by atoms with Crippen LogP contribution in [0.25, 0.3) is 11.1 Å². The van der Waals surface area contributed by atoms with Gasteiger partial charge in [0.1, 0.15) is 11.9 Å². The summed E-state index contributed by atoms with van der Waals surface area (Å²) in [4.78, 5) is 13.7. The molecular weight excluding hydrogens is 522 g/mol. The summed E-state index contributed by atoms with van der Waals surface area (Å²) in [5.74, 6) is -0.349. The van der Waals surface area contributed by atoms with Gasteiger partial charge in [0.2, 0.25) is 10.0 Å². The zero-order valence-corrected chi connectivity index (χ0v) is 23.4. The molecule has 0 saturated heterocycles. The third kappa shape index (κ3) is 7.13. The van der Waals surface area contributed by atoms with Crippen molar-refractivity contribution in [2.75, 3.05) is 10.6 Å². The first kappa shape index (κ1) is 28.5. The molecule has 0 spiro atoms. The number of nitrogens with two attached hydrogens (primary N) is 1. The van der Waals surface area contributed by atoms with Gasteiger partial charge in [-0.3, -0.25) is 10.2 Å². The summed E-state index contributed by atoms with van der Waals surface area (Å²) in [7, 11) is -3.76. The number of carbonyl (C=O) groups excluding carboxylic acids is 1. The third-order valence-corrected chi connectivity index (χ3v) is 7.78. The van der Waals surface area contributed by atoms with Crippen LogP contribution in [-0.2, 0) is 14.8 Å². The molecule has 0 bridgehead atoms. The first-order valence-electron chi connectivity index (χ1n) is 12.7. The van der Waals surface area contributed by atoms with Gasteiger partial charge in [0, 0.05) is 28.0 Å². The standard InChI is InChI=1S/C31H33N5O3S/c1-31(2,3)36-40(38,39)27-15-8-7-14-26(27)21-16-18-24(19-17-21)35-30(37)28(22-10-5-4-6-11-22)34-25-13-9-12-23(20-25)29(32)33/h4-20,28,34,36H,1-3H3,(H3,32,33)(H,35,37). The molecule has 1 atom stereocenters. The fourth-order valence-corrected chi connectivity index (χ4v) is 5.88. The quantitative estimate of drug-likeness (QED) is 0.137. The highest BCUT2D eigenvalue weighted by Crippen LogP contribution is 2.29. The molecule has 9 heteroatoms. The van der Waals surface area contributed by atoms with Crippen LogP contribution in [0, 0.1) is 5.41 Å². The Labute approximate surface area is 235 Å². The van der Waals surface area contributed by atoms with Gasteiger partial charge >= 0.3 is 0 Å². The minimum atomic E-state index is -3.76. The van der Waals surface area contributed by atoms with Crippen LogP contribution in [0.1, 0.15) is 37.9 Å². The molecule has 6 N–H and O–H groups in total. The zero-order valence-electron chi connectivity index (χ0n) is 22.6. The summed E-state index contributed by atoms with van der Waals surface area (Å²) in [5.41, 5.74) is 8.79. The molecule has 4 aromatic rings. The molecule has 1 unspecified atom stereocenters. The van der Waals surface area contributed by atoms with Gasteiger partial charge in [0.05, 0.1) is 4.90 Å². The highest BCUT2D eigenvalue weighted by atomic mass is 32.2. The van der Waals surface area contributed by atoms with E-state index in [9.17, 15) is 13.2 Å². The van der Waals surface area contributed by atoms with E-state index in [-0.39, 0.29) is 16.6 Å². The molecular formula is C31H33N5O3S. The minimum absolute atomic E-state index is 0.0620. The molecule has 0 aliphatic carbocycles. The number of rotatable bonds is 9. The lowest BCUT2D eigenvalue weighted by Gasteiger charge is -2.22. The Balaban J connectivity index is 1.58. The largest absolute Gasteiger partial charge is 0.384 e. The van der Waals surface area contributed by atoms with Crippen LogP contribution in [0.4, 0.5) is 11.4 Å². The predicted molar refractivity (Wildman–Crippen MR) is 161 cm³/mol. The lowest BCUT2D eigenvalue weighted by atomic mass is 10.0. The second-order valence-electron chi connectivity index (χ2n) is 10.4. The monoisotopic (exact) mass is 555 g/mol. The summed E-state index contributed by atoms with van der Waals surface area (Å²) < 4.78 is 28.9. The number of amidine groups is 1. The van der Waals surface area contributed by atoms with Crippen LogP contribution in [0.15, 0.2) is 108 Å². The summed E-state index contributed by atoms with van der Waals surface area (Å²) in [5, 5.41) is 13.9. The maximum absolute atomic E-state index is 13.5. The van der Waals surface area contributed by atoms with E-state index in [1.54, 1.807) is 87.5 Å². The SMILES string of the molecule is CC(C)(C)NS(=O)(=O)c1ccccc1-c1ccc(NC(=O)C(Nc2cccc(C(=N)N)c2)c2ccccc2)cc1. The second kappa shape index (κ2) is 11.7. The first-order valence-corrected chi connectivity index (χ1v) is 14.2. The number of amides is 1. The van der Waals surface area contributed by atoms with E-state index >= 15 is 0 Å². The lowest BCUT2D eigenvalue weighted by Crippen LogP contribution is -2.40. The normalized spacial score (nSPS) is 12.4. The van der Waals surface area contributed by atoms with Crippen molar-refractivity contribution in [1.29, 1.82) is 5.41 Å². The van der Waals surface area contributed by atoms with Crippen LogP contribution < -0.4 is 21.1 Å². The Morgan fingerprint density at radius 3 is 2.12 bits per heavy atom. The smallest absolute Gasteiger partial charge is 0.251 e. The summed E-state index contributed by atoms with van der Waals surface area (Å²) in [6.45, 7) is 5.38. The number of hydrogen-bond acceptors (Lipinski definition) is 5. The molecule has 1 amide bonds. The molecule has 0 fully saturated rings. The van der Waals surface area contributed by atoms with Gasteiger partial charge in [0.25, 0.3) is 5.91 Å². The summed E-state index contributed by atoms with van der Waals surface area (Å²) >= 11 is 0. The Hall–Kier alpha value is -4.47. The molecule has 0 saturated carbocycles. The van der Waals surface area contributed by atoms with Gasteiger partial charge in [-0.2, -0.15) is 0 Å². The molecule has 0 aliphatic heterocycles. The van der Waals surface area contributed by atoms with Gasteiger partial charge < -0.3 is 16.4 Å². The number of benzene rings is 4. The van der Waals surface area contributed by atoms with Crippen molar-refractivity contribution >= 4 is 33.1 Å². The molecule has 8 nitrogen and oxygen atoms in total. The summed E-state index contributed by atoms with van der Waals surface area (Å²) in [6, 6.07) is 29.5. The number of sulfonamides is 1. The Kier molecular flexibility index (Phi) is 8.37. The predicted octanol–water partition coefficient (Wildman–Crippen LogP) is 5.51. The Morgan fingerprint density at radius 1 is 0.825 bits per heavy atom. The van der Waals surface area contributed by atoms with E-state index in [0.29, 0.717) is 28.1 Å². The van der Waals surface area contributed by atoms with Crippen molar-refractivity contribution in [2.24, 2.45) is 5.73 Å². The highest BCUT2D eigenvalue weighted by Gasteiger charge is 2.25. The fourth-order valence-electron chi connectivity index (χ4n) is 4.23. The van der Waals surface area contributed by atoms with Gasteiger partial charge in [-0.25, -0.2) is 13.1 Å². The van der Waals surface area contributed by atoms with Crippen LogP contribution in [0.2, 0.25) is 0 Å². The lowest BCUT2D eigenvalue weighted by molar-refractivity contribution is -0.117. The van der Waals surface area contributed by atoms with Crippen LogP contribution >= 0.6 is 0 Å². The summed E-state index contributed by atoms with van der Waals surface area (Å²) in [6.07, 6.45) is 0. The van der Waals surface area contributed by atoms with Crippen LogP contribution in [-0.4, -0.2) is 25.7 Å². The average Bonchev–Trinajstić information content (AvgIpc) is 2.91. The second-order valence-corrected chi connectivity index (χ2v) is 12.1. The molecule has 4 aromatic carbocycles. The number of anilines is 2. The molecule has 0 aliphatic rings. The van der Waals surface area contributed by atoms with Crippen LogP contribution in [0.5, 0.6) is 0 Å². The van der Waals surface area contributed by atoms with Crippen molar-refractivity contribution < 1.29 is 13.2 Å². The van der Waals surface area contributed by atoms with E-state index in [1.165, 1.54) is 0 Å². The number of carbonyl (C=O) groups is 1. The van der Waals surface area contributed by atoms with Crippen molar-refractivity contribution in [2.45, 2.75) is 37.2 Å². The van der Waals surface area contributed by atoms with E-state index in [0.717, 1.165) is 5.56 Å². The molecule has 0 heterocycles. The van der Waals surface area contributed by atoms with E-state index < -0.39 is 21.6 Å². The van der Waals surface area contributed by atoms with Crippen molar-refractivity contribution in [3.8, 4) is 11.1 Å². The maximum atomic E-state index is 13.5. The number of hydrogen-bond donors (Lipinski definition) is 5. The maximum Gasteiger partial charge on any atom is 0.251 e. The minimum Gasteiger partial charge on any atom is -0.384 e. The first-order chi connectivity index (χ1) is 18.9. The van der Waals surface area contributed by atoms with Gasteiger partial charge in [-0.05, 0) is 62.2 Å². The third-order valence-electron chi connectivity index (χ3n) is 5.96. The van der Waals surface area contributed by atoms with E-state index in [1.807, 2.05) is 36.4 Å². The van der Waals surface area contributed by atoms with E-state index in [4.69, 9.17) is 11.1 Å². The van der Waals surface area contributed by atoms with Crippen molar-refractivity contribution in [3.05, 3.63) is 114 Å². The van der Waals surface area contributed by atoms with Gasteiger partial charge in [-0.1, -0.05) is 72.8 Å². The zero-order chi connectivity index (χ0) is 28.9. The molecule has 206 valence electrons. The molecule has 0 radical (unpaired) electrons. The van der Waals surface area contributed by atoms with Gasteiger partial charge in [-0.15, -0.1) is 0 Å². The average molecular weight is 556 g/mol. The molecule has 4 rings (SSSR count). The van der Waals surface area contributed by atoms with Crippen molar-refractivity contribution in [1.82, 2.24) is 4.72 Å². The molecule has 0 aromatic heterocycles. The highest BCUT2D eigenvalue weighted by molar-refractivity contribution is 7.89.